The third-order valence-electron chi connectivity index (χ3n) is 2.93. The first kappa shape index (κ1) is 14.2. The van der Waals surface area contributed by atoms with Crippen LogP contribution < -0.4 is 10.6 Å². The molecule has 1 atom stereocenters. The van der Waals surface area contributed by atoms with Crippen LogP contribution in [0.4, 0.5) is 18.9 Å². The van der Waals surface area contributed by atoms with Crippen molar-refractivity contribution in [3.05, 3.63) is 24.1 Å². The monoisotopic (exact) mass is 317 g/mol. The number of amides is 1. The Bertz CT molecular complexity index is 680. The van der Waals surface area contributed by atoms with Gasteiger partial charge in [-0.25, -0.2) is 4.98 Å². The number of aromatic nitrogens is 1. The highest BCUT2D eigenvalue weighted by atomic mass is 32.2. The van der Waals surface area contributed by atoms with Crippen LogP contribution >= 0.6 is 11.8 Å². The van der Waals surface area contributed by atoms with Crippen LogP contribution in [-0.4, -0.2) is 28.6 Å². The molecule has 1 saturated heterocycles. The molecule has 1 unspecified atom stereocenters. The molecule has 1 aromatic heterocycles. The number of thioether (sulfide) groups is 1. The molecule has 0 bridgehead atoms. The molecule has 0 radical (unpaired) electrons. The van der Waals surface area contributed by atoms with Gasteiger partial charge in [-0.3, -0.25) is 10.1 Å². The van der Waals surface area contributed by atoms with Crippen molar-refractivity contribution in [3.63, 3.8) is 0 Å². The number of oxazole rings is 1. The van der Waals surface area contributed by atoms with Gasteiger partial charge < -0.3 is 9.73 Å². The summed E-state index contributed by atoms with van der Waals surface area (Å²) in [5.74, 6) is -0.153. The summed E-state index contributed by atoms with van der Waals surface area (Å²) >= 11 is 1.61. The van der Waals surface area contributed by atoms with Crippen LogP contribution in [0, 0.1) is 0 Å². The summed E-state index contributed by atoms with van der Waals surface area (Å²) in [6, 6.07) is 3.89. The van der Waals surface area contributed by atoms with Crippen molar-refractivity contribution in [3.8, 4) is 0 Å². The number of alkyl halides is 3. The Morgan fingerprint density at radius 1 is 1.48 bits per heavy atom. The van der Waals surface area contributed by atoms with Gasteiger partial charge in [0.15, 0.2) is 5.58 Å². The first-order valence-electron chi connectivity index (χ1n) is 6.03. The maximum Gasteiger partial charge on any atom is 0.468 e. The number of carbonyl (C=O) groups excluding carboxylic acids is 1. The van der Waals surface area contributed by atoms with Gasteiger partial charge in [-0.15, -0.1) is 11.8 Å². The number of benzene rings is 1. The molecule has 1 fully saturated rings. The van der Waals surface area contributed by atoms with Gasteiger partial charge in [0.1, 0.15) is 5.52 Å². The topological polar surface area (TPSA) is 67.2 Å². The molecule has 3 rings (SSSR count). The zero-order valence-corrected chi connectivity index (χ0v) is 11.3. The SMILES string of the molecule is O=C(Nc1ccc2oc(C(F)(F)F)nc2c1)C1CSCN1. The average molecular weight is 317 g/mol. The number of hydrogen-bond acceptors (Lipinski definition) is 5. The van der Waals surface area contributed by atoms with E-state index in [1.54, 1.807) is 11.8 Å². The second-order valence-electron chi connectivity index (χ2n) is 4.46. The molecule has 1 aliphatic rings. The van der Waals surface area contributed by atoms with Gasteiger partial charge in [-0.1, -0.05) is 0 Å². The van der Waals surface area contributed by atoms with Gasteiger partial charge in [0.05, 0.1) is 6.04 Å². The van der Waals surface area contributed by atoms with E-state index in [1.807, 2.05) is 0 Å². The van der Waals surface area contributed by atoms with E-state index in [4.69, 9.17) is 0 Å². The lowest BCUT2D eigenvalue weighted by molar-refractivity contribution is -0.156. The quantitative estimate of drug-likeness (QED) is 0.890. The number of fused-ring (bicyclic) bond motifs is 1. The molecule has 9 heteroatoms. The van der Waals surface area contributed by atoms with E-state index in [2.05, 4.69) is 20.0 Å². The van der Waals surface area contributed by atoms with E-state index in [1.165, 1.54) is 18.2 Å². The maximum absolute atomic E-state index is 12.5. The van der Waals surface area contributed by atoms with Crippen LogP contribution in [0.5, 0.6) is 0 Å². The fourth-order valence-electron chi connectivity index (χ4n) is 1.92. The molecule has 2 aromatic rings. The van der Waals surface area contributed by atoms with Crippen molar-refractivity contribution in [2.45, 2.75) is 12.2 Å². The Morgan fingerprint density at radius 2 is 2.29 bits per heavy atom. The molecule has 0 saturated carbocycles. The first-order chi connectivity index (χ1) is 9.93. The van der Waals surface area contributed by atoms with E-state index in [-0.39, 0.29) is 23.0 Å². The molecule has 2 N–H and O–H groups in total. The Morgan fingerprint density at radius 3 is 2.95 bits per heavy atom. The predicted octanol–water partition coefficient (Wildman–Crippen LogP) is 2.45. The summed E-state index contributed by atoms with van der Waals surface area (Å²) in [5.41, 5.74) is 0.456. The van der Waals surface area contributed by atoms with Gasteiger partial charge in [0, 0.05) is 17.3 Å². The minimum absolute atomic E-state index is 0.0230. The smallest absolute Gasteiger partial charge is 0.433 e. The number of nitrogens with one attached hydrogen (secondary N) is 2. The van der Waals surface area contributed by atoms with Crippen LogP contribution in [0.15, 0.2) is 22.6 Å². The Hall–Kier alpha value is -1.74. The normalized spacial score (nSPS) is 19.1. The number of hydrogen-bond donors (Lipinski definition) is 2. The third kappa shape index (κ3) is 2.98. The van der Waals surface area contributed by atoms with Gasteiger partial charge in [0.25, 0.3) is 0 Å². The molecule has 1 amide bonds. The van der Waals surface area contributed by atoms with Crippen molar-refractivity contribution in [2.24, 2.45) is 0 Å². The fourth-order valence-corrected chi connectivity index (χ4v) is 2.86. The summed E-state index contributed by atoms with van der Waals surface area (Å²) in [5, 5.41) is 5.65. The second kappa shape index (κ2) is 5.23. The van der Waals surface area contributed by atoms with Gasteiger partial charge >= 0.3 is 12.1 Å². The number of rotatable bonds is 2. The molecular weight excluding hydrogens is 307 g/mol. The molecule has 21 heavy (non-hydrogen) atoms. The predicted molar refractivity (Wildman–Crippen MR) is 71.9 cm³/mol. The maximum atomic E-state index is 12.5. The van der Waals surface area contributed by atoms with Crippen molar-refractivity contribution in [2.75, 3.05) is 16.9 Å². The molecular formula is C12H10F3N3O2S. The number of anilines is 1. The molecule has 5 nitrogen and oxygen atoms in total. The molecule has 2 heterocycles. The second-order valence-corrected chi connectivity index (χ2v) is 5.49. The molecule has 112 valence electrons. The summed E-state index contributed by atoms with van der Waals surface area (Å²) < 4.78 is 42.1. The Balaban J connectivity index is 1.82. The van der Waals surface area contributed by atoms with Crippen LogP contribution in [0.1, 0.15) is 5.89 Å². The highest BCUT2D eigenvalue weighted by Gasteiger charge is 2.37. The lowest BCUT2D eigenvalue weighted by Gasteiger charge is -2.10. The van der Waals surface area contributed by atoms with Gasteiger partial charge in [-0.2, -0.15) is 13.2 Å². The molecule has 0 aliphatic carbocycles. The van der Waals surface area contributed by atoms with E-state index in [9.17, 15) is 18.0 Å². The van der Waals surface area contributed by atoms with E-state index in [0.29, 0.717) is 17.3 Å². The van der Waals surface area contributed by atoms with Crippen molar-refractivity contribution < 1.29 is 22.4 Å². The zero-order valence-electron chi connectivity index (χ0n) is 10.5. The lowest BCUT2D eigenvalue weighted by atomic mass is 10.2. The van der Waals surface area contributed by atoms with Gasteiger partial charge in [-0.05, 0) is 18.2 Å². The van der Waals surface area contributed by atoms with E-state index < -0.39 is 12.1 Å². The van der Waals surface area contributed by atoms with Crippen LogP contribution in [0.25, 0.3) is 11.1 Å². The first-order valence-corrected chi connectivity index (χ1v) is 7.19. The number of nitrogens with zero attached hydrogens (tertiary/aromatic N) is 1. The summed E-state index contributed by atoms with van der Waals surface area (Å²) in [6.45, 7) is 0. The minimum Gasteiger partial charge on any atom is -0.433 e. The van der Waals surface area contributed by atoms with Crippen molar-refractivity contribution >= 4 is 34.5 Å². The van der Waals surface area contributed by atoms with Crippen molar-refractivity contribution in [1.82, 2.24) is 10.3 Å². The average Bonchev–Trinajstić information content (AvgIpc) is 3.06. The van der Waals surface area contributed by atoms with Gasteiger partial charge in [0.2, 0.25) is 5.91 Å². The highest BCUT2D eigenvalue weighted by molar-refractivity contribution is 7.99. The third-order valence-corrected chi connectivity index (χ3v) is 3.87. The van der Waals surface area contributed by atoms with E-state index in [0.717, 1.165) is 0 Å². The lowest BCUT2D eigenvalue weighted by Crippen LogP contribution is -2.37. The Labute approximate surface area is 121 Å². The van der Waals surface area contributed by atoms with Crippen LogP contribution in [-0.2, 0) is 11.0 Å². The fraction of sp³-hybridized carbons (Fsp3) is 0.333. The van der Waals surface area contributed by atoms with Crippen LogP contribution in [0.2, 0.25) is 0 Å². The molecule has 1 aromatic carbocycles. The summed E-state index contributed by atoms with van der Waals surface area (Å²) in [6.07, 6.45) is -4.63. The highest BCUT2D eigenvalue weighted by Crippen LogP contribution is 2.31. The summed E-state index contributed by atoms with van der Waals surface area (Å²) in [4.78, 5) is 15.3. The standard InChI is InChI=1S/C12H10F3N3O2S/c13-12(14,15)11-18-7-3-6(1-2-9(7)20-11)17-10(19)8-4-21-5-16-8/h1-3,8,16H,4-5H2,(H,17,19). The van der Waals surface area contributed by atoms with E-state index >= 15 is 0 Å². The zero-order chi connectivity index (χ0) is 15.0. The molecule has 1 aliphatic heterocycles. The Kier molecular flexibility index (Phi) is 3.54. The van der Waals surface area contributed by atoms with Crippen molar-refractivity contribution in [1.29, 1.82) is 0 Å². The number of halogens is 3. The van der Waals surface area contributed by atoms with Crippen LogP contribution in [0.3, 0.4) is 0 Å². The number of carbonyl (C=O) groups is 1. The summed E-state index contributed by atoms with van der Waals surface area (Å²) in [7, 11) is 0. The molecule has 0 spiro atoms. The largest absolute Gasteiger partial charge is 0.468 e. The minimum atomic E-state index is -4.63.